The number of benzene rings is 1. The predicted octanol–water partition coefficient (Wildman–Crippen LogP) is 2.57. The first-order chi connectivity index (χ1) is 10.8. The topological polar surface area (TPSA) is 74.6 Å². The molecule has 4 nitrogen and oxygen atoms in total. The minimum Gasteiger partial charge on any atom is -0.508 e. The smallest absolute Gasteiger partial charge is 0.141 e. The lowest BCUT2D eigenvalue weighted by Gasteiger charge is -2.43. The average Bonchev–Trinajstić information content (AvgIpc) is 2.80. The predicted molar refractivity (Wildman–Crippen MR) is 86.1 cm³/mol. The SMILES string of the molecule is Cc1ccc(O)cc1CCC1C(=O)CC(O)C2(C)C(=O)CCC12. The van der Waals surface area contributed by atoms with Gasteiger partial charge in [0.1, 0.15) is 17.3 Å². The number of phenolic OH excluding ortho intramolecular Hbond substituents is 1. The lowest BCUT2D eigenvalue weighted by atomic mass is 9.61. The number of aliphatic hydroxyl groups is 1. The van der Waals surface area contributed by atoms with Crippen LogP contribution in [0.15, 0.2) is 18.2 Å². The van der Waals surface area contributed by atoms with Gasteiger partial charge in [-0.05, 0) is 62.3 Å². The van der Waals surface area contributed by atoms with E-state index < -0.39 is 11.5 Å². The fourth-order valence-electron chi connectivity index (χ4n) is 4.49. The van der Waals surface area contributed by atoms with Crippen molar-refractivity contribution in [1.82, 2.24) is 0 Å². The van der Waals surface area contributed by atoms with E-state index in [4.69, 9.17) is 0 Å². The highest BCUT2D eigenvalue weighted by Crippen LogP contribution is 2.52. The largest absolute Gasteiger partial charge is 0.508 e. The summed E-state index contributed by atoms with van der Waals surface area (Å²) in [5.41, 5.74) is 1.37. The van der Waals surface area contributed by atoms with Crippen molar-refractivity contribution in [1.29, 1.82) is 0 Å². The molecule has 23 heavy (non-hydrogen) atoms. The standard InChI is InChI=1S/C19H24O4/c1-11-3-5-13(20)9-12(11)4-6-14-15-7-8-17(22)19(15,2)18(23)10-16(14)21/h3,5,9,14-15,18,20,23H,4,6-8,10H2,1-2H3. The van der Waals surface area contributed by atoms with Crippen LogP contribution in [0.25, 0.3) is 0 Å². The fourth-order valence-corrected chi connectivity index (χ4v) is 4.49. The maximum absolute atomic E-state index is 12.4. The zero-order valence-corrected chi connectivity index (χ0v) is 13.7. The molecule has 124 valence electrons. The summed E-state index contributed by atoms with van der Waals surface area (Å²) in [6.45, 7) is 3.82. The highest BCUT2D eigenvalue weighted by molar-refractivity contribution is 5.93. The lowest BCUT2D eigenvalue weighted by Crippen LogP contribution is -2.51. The third-order valence-electron chi connectivity index (χ3n) is 6.10. The molecule has 0 bridgehead atoms. The number of Topliss-reactive ketones (excluding diaryl/α,β-unsaturated/α-hetero) is 2. The molecule has 2 saturated carbocycles. The zero-order chi connectivity index (χ0) is 16.8. The summed E-state index contributed by atoms with van der Waals surface area (Å²) in [4.78, 5) is 24.7. The Morgan fingerprint density at radius 2 is 2.04 bits per heavy atom. The molecule has 2 N–H and O–H groups in total. The molecule has 2 aliphatic rings. The maximum Gasteiger partial charge on any atom is 0.141 e. The molecule has 1 aromatic rings. The van der Waals surface area contributed by atoms with Crippen LogP contribution >= 0.6 is 0 Å². The maximum atomic E-state index is 12.4. The van der Waals surface area contributed by atoms with Crippen molar-refractivity contribution in [3.8, 4) is 5.75 Å². The lowest BCUT2D eigenvalue weighted by molar-refractivity contribution is -0.149. The summed E-state index contributed by atoms with van der Waals surface area (Å²) in [6, 6.07) is 5.28. The van der Waals surface area contributed by atoms with Crippen LogP contribution in [0.3, 0.4) is 0 Å². The molecule has 0 aromatic heterocycles. The van der Waals surface area contributed by atoms with Crippen LogP contribution in [0.4, 0.5) is 0 Å². The van der Waals surface area contributed by atoms with Crippen LogP contribution in [0.1, 0.15) is 43.7 Å². The molecule has 0 spiro atoms. The van der Waals surface area contributed by atoms with Crippen LogP contribution in [-0.4, -0.2) is 27.9 Å². The minimum atomic E-state index is -0.839. The highest BCUT2D eigenvalue weighted by atomic mass is 16.3. The summed E-state index contributed by atoms with van der Waals surface area (Å²) < 4.78 is 0. The van der Waals surface area contributed by atoms with E-state index in [9.17, 15) is 19.8 Å². The number of phenols is 1. The molecular weight excluding hydrogens is 292 g/mol. The molecule has 2 aliphatic carbocycles. The van der Waals surface area contributed by atoms with Gasteiger partial charge in [-0.3, -0.25) is 9.59 Å². The first-order valence-corrected chi connectivity index (χ1v) is 8.36. The van der Waals surface area contributed by atoms with Crippen molar-refractivity contribution < 1.29 is 19.8 Å². The molecule has 4 heteroatoms. The Bertz CT molecular complexity index is 651. The molecule has 4 atom stereocenters. The Kier molecular flexibility index (Phi) is 4.05. The third-order valence-corrected chi connectivity index (χ3v) is 6.10. The van der Waals surface area contributed by atoms with Gasteiger partial charge in [0.2, 0.25) is 0 Å². The van der Waals surface area contributed by atoms with Crippen LogP contribution in [-0.2, 0) is 16.0 Å². The second-order valence-corrected chi connectivity index (χ2v) is 7.29. The number of hydrogen-bond acceptors (Lipinski definition) is 4. The van der Waals surface area contributed by atoms with Gasteiger partial charge in [-0.1, -0.05) is 6.07 Å². The van der Waals surface area contributed by atoms with E-state index in [-0.39, 0.29) is 35.6 Å². The molecule has 3 rings (SSSR count). The summed E-state index contributed by atoms with van der Waals surface area (Å²) in [7, 11) is 0. The van der Waals surface area contributed by atoms with Gasteiger partial charge in [-0.2, -0.15) is 0 Å². The summed E-state index contributed by atoms with van der Waals surface area (Å²) in [5, 5.41) is 19.9. The first-order valence-electron chi connectivity index (χ1n) is 8.36. The highest BCUT2D eigenvalue weighted by Gasteiger charge is 2.58. The number of aromatic hydroxyl groups is 1. The fraction of sp³-hybridized carbons (Fsp3) is 0.579. The van der Waals surface area contributed by atoms with E-state index in [1.54, 1.807) is 12.1 Å². The normalized spacial score (nSPS) is 33.8. The number of ketones is 2. The van der Waals surface area contributed by atoms with E-state index in [0.29, 0.717) is 25.7 Å². The monoisotopic (exact) mass is 316 g/mol. The number of aryl methyl sites for hydroxylation is 2. The molecule has 4 unspecified atom stereocenters. The number of hydrogen-bond donors (Lipinski definition) is 2. The van der Waals surface area contributed by atoms with Gasteiger partial charge < -0.3 is 10.2 Å². The summed E-state index contributed by atoms with van der Waals surface area (Å²) in [6.07, 6.45) is 1.78. The number of carbonyl (C=O) groups excluding carboxylic acids is 2. The van der Waals surface area contributed by atoms with Gasteiger partial charge in [0.05, 0.1) is 11.5 Å². The summed E-state index contributed by atoms with van der Waals surface area (Å²) in [5.74, 6) is 0.186. The zero-order valence-electron chi connectivity index (χ0n) is 13.7. The van der Waals surface area contributed by atoms with E-state index in [1.807, 2.05) is 19.9 Å². The van der Waals surface area contributed by atoms with Crippen LogP contribution in [0, 0.1) is 24.2 Å². The van der Waals surface area contributed by atoms with E-state index >= 15 is 0 Å². The van der Waals surface area contributed by atoms with Crippen LogP contribution in [0.2, 0.25) is 0 Å². The molecule has 0 heterocycles. The second kappa shape index (κ2) is 5.75. The summed E-state index contributed by atoms with van der Waals surface area (Å²) >= 11 is 0. The van der Waals surface area contributed by atoms with Gasteiger partial charge in [0.15, 0.2) is 0 Å². The number of fused-ring (bicyclic) bond motifs is 1. The number of rotatable bonds is 3. The van der Waals surface area contributed by atoms with Gasteiger partial charge in [0.25, 0.3) is 0 Å². The number of carbonyl (C=O) groups is 2. The Morgan fingerprint density at radius 3 is 2.78 bits per heavy atom. The van der Waals surface area contributed by atoms with Gasteiger partial charge in [-0.25, -0.2) is 0 Å². The number of aliphatic hydroxyl groups excluding tert-OH is 1. The third kappa shape index (κ3) is 2.59. The van der Waals surface area contributed by atoms with Crippen molar-refractivity contribution >= 4 is 11.6 Å². The molecule has 2 fully saturated rings. The molecule has 0 aliphatic heterocycles. The van der Waals surface area contributed by atoms with Crippen molar-refractivity contribution in [2.24, 2.45) is 17.3 Å². The quantitative estimate of drug-likeness (QED) is 0.899. The Morgan fingerprint density at radius 1 is 1.30 bits per heavy atom. The Labute approximate surface area is 136 Å². The van der Waals surface area contributed by atoms with Gasteiger partial charge in [-0.15, -0.1) is 0 Å². The first kappa shape index (κ1) is 16.2. The van der Waals surface area contributed by atoms with Crippen molar-refractivity contribution in [3.63, 3.8) is 0 Å². The molecule has 0 saturated heterocycles. The Balaban J connectivity index is 1.80. The van der Waals surface area contributed by atoms with E-state index in [0.717, 1.165) is 11.1 Å². The van der Waals surface area contributed by atoms with Crippen molar-refractivity contribution in [2.45, 2.75) is 52.1 Å². The second-order valence-electron chi connectivity index (χ2n) is 7.29. The minimum absolute atomic E-state index is 0.0520. The Hall–Kier alpha value is -1.68. The van der Waals surface area contributed by atoms with Crippen LogP contribution < -0.4 is 0 Å². The van der Waals surface area contributed by atoms with Gasteiger partial charge in [0, 0.05) is 18.8 Å². The van der Waals surface area contributed by atoms with Crippen molar-refractivity contribution in [2.75, 3.05) is 0 Å². The molecule has 0 amide bonds. The van der Waals surface area contributed by atoms with Crippen LogP contribution in [0.5, 0.6) is 5.75 Å². The molecular formula is C19H24O4. The van der Waals surface area contributed by atoms with E-state index in [2.05, 4.69) is 0 Å². The molecule has 1 aromatic carbocycles. The van der Waals surface area contributed by atoms with Crippen molar-refractivity contribution in [3.05, 3.63) is 29.3 Å². The van der Waals surface area contributed by atoms with E-state index in [1.165, 1.54) is 0 Å². The average molecular weight is 316 g/mol. The molecule has 0 radical (unpaired) electrons. The van der Waals surface area contributed by atoms with Gasteiger partial charge >= 0.3 is 0 Å².